The molecule has 2 unspecified atom stereocenters. The van der Waals surface area contributed by atoms with Gasteiger partial charge in [0.05, 0.1) is 0 Å². The number of likely N-dealkylation sites (tertiary alicyclic amines) is 1. The van der Waals surface area contributed by atoms with E-state index in [1.165, 1.54) is 51.7 Å². The van der Waals surface area contributed by atoms with Crippen molar-refractivity contribution < 1.29 is 0 Å². The zero-order valence-electron chi connectivity index (χ0n) is 11.3. The third-order valence-electron chi connectivity index (χ3n) is 4.05. The zero-order valence-corrected chi connectivity index (χ0v) is 11.3. The summed E-state index contributed by atoms with van der Waals surface area (Å²) in [6.45, 7) is 10.6. The van der Waals surface area contributed by atoms with Gasteiger partial charge in [-0.15, -0.1) is 0 Å². The molecule has 2 heteroatoms. The monoisotopic (exact) mass is 224 g/mol. The van der Waals surface area contributed by atoms with Gasteiger partial charge in [-0.25, -0.2) is 0 Å². The van der Waals surface area contributed by atoms with E-state index in [4.69, 9.17) is 0 Å². The third-order valence-corrected chi connectivity index (χ3v) is 4.05. The van der Waals surface area contributed by atoms with Crippen LogP contribution in [0.3, 0.4) is 0 Å². The van der Waals surface area contributed by atoms with Crippen LogP contribution in [-0.4, -0.2) is 36.1 Å². The van der Waals surface area contributed by atoms with Gasteiger partial charge >= 0.3 is 0 Å². The second-order valence-electron chi connectivity index (χ2n) is 6.71. The molecule has 94 valence electrons. The Hall–Kier alpha value is -0.0800. The van der Waals surface area contributed by atoms with E-state index in [-0.39, 0.29) is 5.54 Å². The van der Waals surface area contributed by atoms with Crippen LogP contribution in [0.2, 0.25) is 0 Å². The van der Waals surface area contributed by atoms with Crippen LogP contribution in [0.4, 0.5) is 0 Å². The van der Waals surface area contributed by atoms with Crippen molar-refractivity contribution in [3.8, 4) is 0 Å². The molecule has 0 aromatic rings. The number of nitrogens with one attached hydrogen (secondary N) is 1. The summed E-state index contributed by atoms with van der Waals surface area (Å²) in [5.74, 6) is 1.05. The number of nitrogens with zero attached hydrogens (tertiary/aromatic N) is 1. The quantitative estimate of drug-likeness (QED) is 0.722. The van der Waals surface area contributed by atoms with Crippen molar-refractivity contribution in [3.05, 3.63) is 0 Å². The van der Waals surface area contributed by atoms with Crippen LogP contribution in [0.25, 0.3) is 0 Å². The number of unbranched alkanes of at least 4 members (excludes halogenated alkanes) is 1. The molecule has 0 aromatic heterocycles. The number of rotatable bonds is 5. The molecule has 1 aliphatic carbocycles. The molecule has 1 aliphatic heterocycles. The molecule has 16 heavy (non-hydrogen) atoms. The fraction of sp³-hybridized carbons (Fsp3) is 1.00. The lowest BCUT2D eigenvalue weighted by molar-refractivity contribution is 0.209. The van der Waals surface area contributed by atoms with Crippen molar-refractivity contribution in [2.75, 3.05) is 19.6 Å². The molecule has 2 fully saturated rings. The molecule has 2 rings (SSSR count). The first-order chi connectivity index (χ1) is 7.54. The molecule has 1 saturated heterocycles. The lowest BCUT2D eigenvalue weighted by Crippen LogP contribution is -2.37. The normalized spacial score (nSPS) is 30.2. The Kier molecular flexibility index (Phi) is 3.91. The SMILES string of the molecule is CC(C)(C)NCCCCN1CC2CCC1C2. The summed E-state index contributed by atoms with van der Waals surface area (Å²) < 4.78 is 0. The number of hydrogen-bond donors (Lipinski definition) is 1. The highest BCUT2D eigenvalue weighted by molar-refractivity contribution is 4.91. The first-order valence-corrected chi connectivity index (χ1v) is 7.04. The molecule has 0 amide bonds. The van der Waals surface area contributed by atoms with Gasteiger partial charge in [0.2, 0.25) is 0 Å². The first kappa shape index (κ1) is 12.4. The van der Waals surface area contributed by atoms with Crippen molar-refractivity contribution in [2.45, 2.75) is 64.5 Å². The molecule has 1 N–H and O–H groups in total. The Bertz CT molecular complexity index is 219. The van der Waals surface area contributed by atoms with Gasteiger partial charge in [-0.1, -0.05) is 0 Å². The van der Waals surface area contributed by atoms with E-state index in [0.717, 1.165) is 12.0 Å². The van der Waals surface area contributed by atoms with Gasteiger partial charge in [-0.05, 0) is 71.9 Å². The lowest BCUT2D eigenvalue weighted by atomic mass is 10.1. The van der Waals surface area contributed by atoms with E-state index < -0.39 is 0 Å². The number of fused-ring (bicyclic) bond motifs is 2. The van der Waals surface area contributed by atoms with Gasteiger partial charge in [0.25, 0.3) is 0 Å². The Morgan fingerprint density at radius 1 is 1.19 bits per heavy atom. The summed E-state index contributed by atoms with van der Waals surface area (Å²) in [4.78, 5) is 2.74. The molecule has 2 bridgehead atoms. The smallest absolute Gasteiger partial charge is 0.00985 e. The predicted octanol–water partition coefficient (Wildman–Crippen LogP) is 2.64. The second-order valence-corrected chi connectivity index (χ2v) is 6.71. The predicted molar refractivity (Wildman–Crippen MR) is 69.7 cm³/mol. The van der Waals surface area contributed by atoms with E-state index in [0.29, 0.717) is 0 Å². The van der Waals surface area contributed by atoms with Crippen molar-refractivity contribution in [3.63, 3.8) is 0 Å². The maximum Gasteiger partial charge on any atom is 0.00985 e. The summed E-state index contributed by atoms with van der Waals surface area (Å²) in [6, 6.07) is 0.959. The van der Waals surface area contributed by atoms with Crippen LogP contribution in [0.1, 0.15) is 52.9 Å². The maximum absolute atomic E-state index is 3.56. The molecule has 0 aromatic carbocycles. The van der Waals surface area contributed by atoms with Gasteiger partial charge in [-0.3, -0.25) is 0 Å². The maximum atomic E-state index is 3.56. The van der Waals surface area contributed by atoms with Crippen molar-refractivity contribution in [2.24, 2.45) is 5.92 Å². The zero-order chi connectivity index (χ0) is 11.6. The van der Waals surface area contributed by atoms with Crippen molar-refractivity contribution in [1.29, 1.82) is 0 Å². The average Bonchev–Trinajstić information content (AvgIpc) is 2.76. The van der Waals surface area contributed by atoms with E-state index >= 15 is 0 Å². The van der Waals surface area contributed by atoms with Gasteiger partial charge in [-0.2, -0.15) is 0 Å². The highest BCUT2D eigenvalue weighted by Crippen LogP contribution is 2.37. The van der Waals surface area contributed by atoms with Gasteiger partial charge in [0.1, 0.15) is 0 Å². The van der Waals surface area contributed by atoms with Crippen LogP contribution >= 0.6 is 0 Å². The topological polar surface area (TPSA) is 15.3 Å². The Morgan fingerprint density at radius 2 is 2.00 bits per heavy atom. The minimum absolute atomic E-state index is 0.284. The fourth-order valence-electron chi connectivity index (χ4n) is 3.20. The Labute approximate surface area is 101 Å². The summed E-state index contributed by atoms with van der Waals surface area (Å²) in [5.41, 5.74) is 0.284. The van der Waals surface area contributed by atoms with Gasteiger partial charge < -0.3 is 10.2 Å². The summed E-state index contributed by atoms with van der Waals surface area (Å²) >= 11 is 0. The van der Waals surface area contributed by atoms with Gasteiger partial charge in [0, 0.05) is 18.1 Å². The molecule has 0 radical (unpaired) electrons. The highest BCUT2D eigenvalue weighted by atomic mass is 15.2. The van der Waals surface area contributed by atoms with Crippen LogP contribution in [-0.2, 0) is 0 Å². The summed E-state index contributed by atoms with van der Waals surface area (Å²) in [5, 5.41) is 3.56. The molecule has 1 heterocycles. The minimum atomic E-state index is 0.284. The van der Waals surface area contributed by atoms with Gasteiger partial charge in [0.15, 0.2) is 0 Å². The van der Waals surface area contributed by atoms with E-state index in [1.807, 2.05) is 0 Å². The molecular weight excluding hydrogens is 196 g/mol. The van der Waals surface area contributed by atoms with Crippen LogP contribution < -0.4 is 5.32 Å². The van der Waals surface area contributed by atoms with E-state index in [1.54, 1.807) is 0 Å². The van der Waals surface area contributed by atoms with E-state index in [2.05, 4.69) is 31.0 Å². The minimum Gasteiger partial charge on any atom is -0.312 e. The lowest BCUT2D eigenvalue weighted by Gasteiger charge is -2.27. The highest BCUT2D eigenvalue weighted by Gasteiger charge is 2.36. The number of hydrogen-bond acceptors (Lipinski definition) is 2. The molecule has 0 spiro atoms. The van der Waals surface area contributed by atoms with Crippen molar-refractivity contribution >= 4 is 0 Å². The summed E-state index contributed by atoms with van der Waals surface area (Å²) in [6.07, 6.45) is 7.18. The van der Waals surface area contributed by atoms with Crippen molar-refractivity contribution in [1.82, 2.24) is 10.2 Å². The standard InChI is InChI=1S/C14H28N2/c1-14(2,3)15-8-4-5-9-16-11-12-6-7-13(16)10-12/h12-13,15H,4-11H2,1-3H3. The molecule has 2 atom stereocenters. The Balaban J connectivity index is 1.52. The third kappa shape index (κ3) is 3.46. The average molecular weight is 224 g/mol. The fourth-order valence-corrected chi connectivity index (χ4v) is 3.20. The number of piperidine rings is 1. The van der Waals surface area contributed by atoms with Crippen LogP contribution in [0.15, 0.2) is 0 Å². The molecule has 1 saturated carbocycles. The van der Waals surface area contributed by atoms with E-state index in [9.17, 15) is 0 Å². The molecule has 2 nitrogen and oxygen atoms in total. The second kappa shape index (κ2) is 5.05. The molecule has 2 aliphatic rings. The largest absolute Gasteiger partial charge is 0.312 e. The first-order valence-electron chi connectivity index (χ1n) is 7.04. The van der Waals surface area contributed by atoms with Crippen LogP contribution in [0, 0.1) is 5.92 Å². The molecular formula is C14H28N2. The summed E-state index contributed by atoms with van der Waals surface area (Å²) in [7, 11) is 0. The Morgan fingerprint density at radius 3 is 2.56 bits per heavy atom. The van der Waals surface area contributed by atoms with Crippen LogP contribution in [0.5, 0.6) is 0 Å².